The largest absolute Gasteiger partial charge is 2.00 e. The van der Waals surface area contributed by atoms with Gasteiger partial charge in [-0.3, -0.25) is 0 Å². The Kier molecular flexibility index (Phi) is 6.92. The predicted molar refractivity (Wildman–Crippen MR) is 96.7 cm³/mol. The molecule has 2 aromatic rings. The third-order valence-corrected chi connectivity index (χ3v) is 5.65. The molecule has 22 heavy (non-hydrogen) atoms. The number of hydrogen-bond donors (Lipinski definition) is 0. The molecule has 2 atom stereocenters. The van der Waals surface area contributed by atoms with Gasteiger partial charge >= 0.3 is 26.2 Å². The summed E-state index contributed by atoms with van der Waals surface area (Å²) in [6, 6.07) is 13.2. The van der Waals surface area contributed by atoms with Gasteiger partial charge in [-0.15, -0.1) is 60.3 Å². The summed E-state index contributed by atoms with van der Waals surface area (Å²) in [7, 11) is 0.0576. The topological polar surface area (TPSA) is 0 Å². The van der Waals surface area contributed by atoms with E-state index in [-0.39, 0.29) is 34.1 Å². The van der Waals surface area contributed by atoms with Crippen LogP contribution in [0.4, 0.5) is 0 Å². The van der Waals surface area contributed by atoms with E-state index in [0.29, 0.717) is 0 Å². The molecular formula is C20H23PZr. The van der Waals surface area contributed by atoms with E-state index in [1.54, 1.807) is 0 Å². The summed E-state index contributed by atoms with van der Waals surface area (Å²) in [4.78, 5) is 0. The molecule has 0 amide bonds. The molecule has 2 heteroatoms. The summed E-state index contributed by atoms with van der Waals surface area (Å²) in [6.45, 7) is 4.59. The first-order valence-electron chi connectivity index (χ1n) is 7.75. The molecule has 2 aliphatic rings. The van der Waals surface area contributed by atoms with Crippen molar-refractivity contribution in [3.05, 3.63) is 67.1 Å². The molecule has 2 unspecified atom stereocenters. The van der Waals surface area contributed by atoms with Gasteiger partial charge in [0.2, 0.25) is 0 Å². The minimum Gasteiger partial charge on any atom is -0.321 e. The maximum Gasteiger partial charge on any atom is 2.00 e. The molecule has 0 aromatic heterocycles. The summed E-state index contributed by atoms with van der Waals surface area (Å²) >= 11 is 0. The normalized spacial score (nSPS) is 22.1. The minimum absolute atomic E-state index is 0. The van der Waals surface area contributed by atoms with E-state index in [1.165, 1.54) is 28.9 Å². The first kappa shape index (κ1) is 18.0. The first-order chi connectivity index (χ1) is 10.2. The summed E-state index contributed by atoms with van der Waals surface area (Å²) < 4.78 is 0. The van der Waals surface area contributed by atoms with E-state index >= 15 is 0 Å². The smallest absolute Gasteiger partial charge is 0.321 e. The molecule has 112 valence electrons. The second-order valence-corrected chi connectivity index (χ2v) is 8.37. The van der Waals surface area contributed by atoms with Gasteiger partial charge in [-0.05, 0) is 19.2 Å². The molecule has 0 spiro atoms. The van der Waals surface area contributed by atoms with E-state index in [2.05, 4.69) is 80.5 Å². The van der Waals surface area contributed by atoms with Gasteiger partial charge in [0.05, 0.1) is 0 Å². The predicted octanol–water partition coefficient (Wildman–Crippen LogP) is 5.27. The second-order valence-electron chi connectivity index (χ2n) is 6.06. The van der Waals surface area contributed by atoms with Crippen LogP contribution in [0.5, 0.6) is 0 Å². The molecule has 2 aromatic carbocycles. The zero-order valence-electron chi connectivity index (χ0n) is 13.4. The van der Waals surface area contributed by atoms with Crippen LogP contribution in [0.2, 0.25) is 0 Å². The Hall–Kier alpha value is -0.377. The molecular weight excluding hydrogens is 362 g/mol. The van der Waals surface area contributed by atoms with Crippen molar-refractivity contribution in [3.63, 3.8) is 0 Å². The van der Waals surface area contributed by atoms with Crippen LogP contribution in [-0.4, -0.2) is 13.3 Å². The van der Waals surface area contributed by atoms with Gasteiger partial charge in [0.15, 0.2) is 0 Å². The van der Waals surface area contributed by atoms with Gasteiger partial charge in [-0.25, -0.2) is 0 Å². The number of benzene rings is 1. The van der Waals surface area contributed by atoms with Crippen molar-refractivity contribution >= 4 is 24.0 Å². The maximum atomic E-state index is 2.42. The fourth-order valence-corrected chi connectivity index (χ4v) is 3.88. The van der Waals surface area contributed by atoms with Crippen LogP contribution in [0, 0.1) is 18.3 Å². The van der Waals surface area contributed by atoms with Crippen molar-refractivity contribution in [2.45, 2.75) is 12.8 Å². The van der Waals surface area contributed by atoms with E-state index in [0.717, 1.165) is 11.8 Å². The Morgan fingerprint density at radius 1 is 1.09 bits per heavy atom. The van der Waals surface area contributed by atoms with Crippen LogP contribution >= 0.6 is 7.92 Å². The molecule has 0 saturated heterocycles. The Balaban J connectivity index is 0.000000159. The molecule has 4 rings (SSSR count). The van der Waals surface area contributed by atoms with Gasteiger partial charge < -0.3 is 6.42 Å². The van der Waals surface area contributed by atoms with Crippen molar-refractivity contribution in [2.75, 3.05) is 13.3 Å². The third-order valence-electron chi connectivity index (χ3n) is 4.36. The molecule has 0 aliphatic heterocycles. The standard InChI is InChI=1S/C11H12P.C9H11.Zr/c1-12(2)11-7-9-5-3-4-6-10(9)8-11;1-2-5-9-7-3-6-8(9)4-1;/h3-8H,1-2H3;1-2,4-6,8-9H,3,7H2;/q2*-1;+2. The molecule has 0 bridgehead atoms. The Morgan fingerprint density at radius 2 is 1.86 bits per heavy atom. The van der Waals surface area contributed by atoms with Crippen molar-refractivity contribution in [3.8, 4) is 0 Å². The molecule has 0 radical (unpaired) electrons. The fraction of sp³-hybridized carbons (Fsp3) is 0.300. The quantitative estimate of drug-likeness (QED) is 0.464. The second kappa shape index (κ2) is 8.47. The average Bonchev–Trinajstić information content (AvgIpc) is 3.14. The summed E-state index contributed by atoms with van der Waals surface area (Å²) in [5.41, 5.74) is 0. The van der Waals surface area contributed by atoms with E-state index in [1.807, 2.05) is 0 Å². The van der Waals surface area contributed by atoms with Crippen LogP contribution in [0.1, 0.15) is 12.8 Å². The molecule has 1 fully saturated rings. The van der Waals surface area contributed by atoms with Crippen molar-refractivity contribution in [1.29, 1.82) is 0 Å². The monoisotopic (exact) mass is 384 g/mol. The molecule has 0 nitrogen and oxygen atoms in total. The number of hydrogen-bond acceptors (Lipinski definition) is 0. The Bertz CT molecular complexity index is 600. The summed E-state index contributed by atoms with van der Waals surface area (Å²) in [6.07, 6.45) is 14.1. The molecule has 0 heterocycles. The van der Waals surface area contributed by atoms with Gasteiger partial charge in [0.1, 0.15) is 0 Å². The van der Waals surface area contributed by atoms with Crippen molar-refractivity contribution < 1.29 is 26.2 Å². The maximum absolute atomic E-state index is 2.42. The summed E-state index contributed by atoms with van der Waals surface area (Å²) in [5, 5.41) is 4.26. The van der Waals surface area contributed by atoms with Gasteiger partial charge in [-0.2, -0.15) is 12.5 Å². The van der Waals surface area contributed by atoms with Crippen LogP contribution in [0.3, 0.4) is 0 Å². The van der Waals surface area contributed by atoms with Crippen LogP contribution in [-0.2, 0) is 26.2 Å². The first-order valence-corrected chi connectivity index (χ1v) is 9.99. The van der Waals surface area contributed by atoms with Gasteiger partial charge in [0.25, 0.3) is 0 Å². The Morgan fingerprint density at radius 3 is 2.59 bits per heavy atom. The van der Waals surface area contributed by atoms with Crippen LogP contribution < -0.4 is 5.30 Å². The van der Waals surface area contributed by atoms with E-state index in [4.69, 9.17) is 0 Å². The van der Waals surface area contributed by atoms with Gasteiger partial charge in [0, 0.05) is 0 Å². The fourth-order valence-electron chi connectivity index (χ4n) is 3.09. The third kappa shape index (κ3) is 4.33. The van der Waals surface area contributed by atoms with Gasteiger partial charge in [-0.1, -0.05) is 30.7 Å². The zero-order chi connectivity index (χ0) is 14.7. The van der Waals surface area contributed by atoms with Crippen LogP contribution in [0.15, 0.2) is 60.7 Å². The Labute approximate surface area is 154 Å². The number of fused-ring (bicyclic) bond motifs is 2. The number of rotatable bonds is 1. The van der Waals surface area contributed by atoms with E-state index < -0.39 is 0 Å². The van der Waals surface area contributed by atoms with Crippen molar-refractivity contribution in [2.24, 2.45) is 11.8 Å². The van der Waals surface area contributed by atoms with Crippen molar-refractivity contribution in [1.82, 2.24) is 0 Å². The zero-order valence-corrected chi connectivity index (χ0v) is 16.7. The summed E-state index contributed by atoms with van der Waals surface area (Å²) in [5.74, 6) is 1.62. The van der Waals surface area contributed by atoms with Crippen LogP contribution in [0.25, 0.3) is 10.8 Å². The van der Waals surface area contributed by atoms with E-state index in [9.17, 15) is 0 Å². The molecule has 1 saturated carbocycles. The average molecular weight is 386 g/mol. The molecule has 0 N–H and O–H groups in total. The number of allylic oxidation sites excluding steroid dienone is 4. The molecule has 2 aliphatic carbocycles. The SMILES string of the molecule is C1=CC2[CH-]CCC2C=C1.CP(C)c1cc2ccccc2[cH-]1.[Zr+2]. The minimum atomic E-state index is 0.